The lowest BCUT2D eigenvalue weighted by Gasteiger charge is -2.22. The first-order chi connectivity index (χ1) is 8.62. The van der Waals surface area contributed by atoms with E-state index in [1.165, 1.54) is 0 Å². The maximum atomic E-state index is 12.2. The van der Waals surface area contributed by atoms with E-state index in [2.05, 4.69) is 5.32 Å². The third-order valence-electron chi connectivity index (χ3n) is 2.93. The van der Waals surface area contributed by atoms with E-state index in [1.807, 2.05) is 0 Å². The van der Waals surface area contributed by atoms with E-state index in [4.69, 9.17) is 0 Å². The molecule has 0 radical (unpaired) electrons. The van der Waals surface area contributed by atoms with Gasteiger partial charge >= 0.3 is 12.4 Å². The molecule has 1 unspecified atom stereocenters. The lowest BCUT2D eigenvalue weighted by molar-refractivity contribution is -0.274. The van der Waals surface area contributed by atoms with Crippen LogP contribution in [-0.4, -0.2) is 37.9 Å². The van der Waals surface area contributed by atoms with E-state index in [0.717, 1.165) is 13.0 Å². The molecule has 1 rings (SSSR count). The summed E-state index contributed by atoms with van der Waals surface area (Å²) in [5.41, 5.74) is 0. The van der Waals surface area contributed by atoms with Gasteiger partial charge < -0.3 is 10.6 Å². The molecule has 3 nitrogen and oxygen atoms in total. The minimum absolute atomic E-state index is 0.176. The Morgan fingerprint density at radius 1 is 1.21 bits per heavy atom. The van der Waals surface area contributed by atoms with E-state index in [0.29, 0.717) is 13.0 Å². The predicted molar refractivity (Wildman–Crippen MR) is 54.2 cm³/mol. The van der Waals surface area contributed by atoms with Crippen LogP contribution in [0.3, 0.4) is 0 Å². The van der Waals surface area contributed by atoms with Crippen LogP contribution in [0.4, 0.5) is 26.3 Å². The van der Waals surface area contributed by atoms with Crippen LogP contribution < -0.4 is 10.6 Å². The summed E-state index contributed by atoms with van der Waals surface area (Å²) in [6, 6.07) is 0. The maximum Gasteiger partial charge on any atom is 0.409 e. The maximum absolute atomic E-state index is 12.2. The second kappa shape index (κ2) is 5.98. The van der Waals surface area contributed by atoms with Crippen molar-refractivity contribution in [1.29, 1.82) is 0 Å². The van der Waals surface area contributed by atoms with Gasteiger partial charge in [-0.15, -0.1) is 0 Å². The first-order valence-corrected chi connectivity index (χ1v) is 5.74. The van der Waals surface area contributed by atoms with Crippen LogP contribution >= 0.6 is 0 Å². The Bertz CT molecular complexity index is 294. The first kappa shape index (κ1) is 16.1. The SMILES string of the molecule is O=C(NCCC1CCNC1)C(C(F)(F)F)C(F)(F)F. The summed E-state index contributed by atoms with van der Waals surface area (Å²) in [6.45, 7) is 1.25. The monoisotopic (exact) mass is 292 g/mol. The Morgan fingerprint density at radius 2 is 1.79 bits per heavy atom. The molecule has 0 aromatic carbocycles. The molecule has 9 heteroatoms. The third kappa shape index (κ3) is 4.88. The zero-order valence-corrected chi connectivity index (χ0v) is 9.87. The van der Waals surface area contributed by atoms with Crippen molar-refractivity contribution in [3.63, 3.8) is 0 Å². The van der Waals surface area contributed by atoms with Gasteiger partial charge in [-0.25, -0.2) is 0 Å². The molecule has 0 bridgehead atoms. The molecule has 0 saturated carbocycles. The van der Waals surface area contributed by atoms with Crippen LogP contribution in [-0.2, 0) is 4.79 Å². The van der Waals surface area contributed by atoms with Crippen molar-refractivity contribution in [2.75, 3.05) is 19.6 Å². The van der Waals surface area contributed by atoms with Gasteiger partial charge in [0.1, 0.15) is 0 Å². The van der Waals surface area contributed by atoms with Crippen molar-refractivity contribution in [2.45, 2.75) is 25.2 Å². The quantitative estimate of drug-likeness (QED) is 0.776. The summed E-state index contributed by atoms with van der Waals surface area (Å²) in [7, 11) is 0. The number of hydrogen-bond acceptors (Lipinski definition) is 2. The van der Waals surface area contributed by atoms with Crippen molar-refractivity contribution < 1.29 is 31.1 Å². The molecule has 2 N–H and O–H groups in total. The van der Waals surface area contributed by atoms with Crippen LogP contribution in [0, 0.1) is 11.8 Å². The van der Waals surface area contributed by atoms with E-state index in [-0.39, 0.29) is 12.5 Å². The third-order valence-corrected chi connectivity index (χ3v) is 2.93. The molecule has 0 spiro atoms. The fraction of sp³-hybridized carbons (Fsp3) is 0.900. The normalized spacial score (nSPS) is 20.9. The fourth-order valence-electron chi connectivity index (χ4n) is 1.95. The van der Waals surface area contributed by atoms with Gasteiger partial charge in [0.2, 0.25) is 11.8 Å². The number of rotatable bonds is 4. The van der Waals surface area contributed by atoms with Gasteiger partial charge in [-0.2, -0.15) is 26.3 Å². The van der Waals surface area contributed by atoms with E-state index < -0.39 is 24.2 Å². The molecule has 0 aromatic heterocycles. The lowest BCUT2D eigenvalue weighted by atomic mass is 10.0. The average Bonchev–Trinajstić information content (AvgIpc) is 2.65. The number of nitrogens with one attached hydrogen (secondary N) is 2. The fourth-order valence-corrected chi connectivity index (χ4v) is 1.95. The highest BCUT2D eigenvalue weighted by molar-refractivity contribution is 5.80. The molecule has 0 aromatic rings. The molecular weight excluding hydrogens is 278 g/mol. The van der Waals surface area contributed by atoms with Crippen LogP contribution in [0.15, 0.2) is 0 Å². The summed E-state index contributed by atoms with van der Waals surface area (Å²) in [5, 5.41) is 4.73. The summed E-state index contributed by atoms with van der Waals surface area (Å²) < 4.78 is 73.2. The molecule has 1 fully saturated rings. The van der Waals surface area contributed by atoms with Gasteiger partial charge in [0.05, 0.1) is 0 Å². The van der Waals surface area contributed by atoms with Gasteiger partial charge in [-0.05, 0) is 31.8 Å². The standard InChI is InChI=1S/C10H14F6N2O/c11-9(12,13)7(10(14,15)16)8(19)18-4-2-6-1-3-17-5-6/h6-7,17H,1-5H2,(H,18,19). The highest BCUT2D eigenvalue weighted by Gasteiger charge is 2.60. The topological polar surface area (TPSA) is 41.1 Å². The largest absolute Gasteiger partial charge is 0.409 e. The van der Waals surface area contributed by atoms with Crippen LogP contribution in [0.5, 0.6) is 0 Å². The Balaban J connectivity index is 2.48. The second-order valence-corrected chi connectivity index (χ2v) is 4.45. The number of amides is 1. The Hall–Kier alpha value is -0.990. The minimum atomic E-state index is -5.63. The molecule has 112 valence electrons. The second-order valence-electron chi connectivity index (χ2n) is 4.45. The lowest BCUT2D eigenvalue weighted by Crippen LogP contribution is -2.48. The van der Waals surface area contributed by atoms with E-state index in [9.17, 15) is 31.1 Å². The van der Waals surface area contributed by atoms with E-state index in [1.54, 1.807) is 5.32 Å². The van der Waals surface area contributed by atoms with Crippen molar-refractivity contribution in [3.05, 3.63) is 0 Å². The van der Waals surface area contributed by atoms with Crippen molar-refractivity contribution in [1.82, 2.24) is 10.6 Å². The molecule has 1 saturated heterocycles. The van der Waals surface area contributed by atoms with Crippen LogP contribution in [0.1, 0.15) is 12.8 Å². The van der Waals surface area contributed by atoms with Crippen molar-refractivity contribution in [3.8, 4) is 0 Å². The molecular formula is C10H14F6N2O. The molecule has 19 heavy (non-hydrogen) atoms. The first-order valence-electron chi connectivity index (χ1n) is 5.74. The number of hydrogen-bond donors (Lipinski definition) is 2. The zero-order valence-electron chi connectivity index (χ0n) is 9.87. The summed E-state index contributed by atoms with van der Waals surface area (Å²) >= 11 is 0. The molecule has 1 aliphatic rings. The highest BCUT2D eigenvalue weighted by Crippen LogP contribution is 2.39. The number of carbonyl (C=O) groups is 1. The molecule has 1 atom stereocenters. The summed E-state index contributed by atoms with van der Waals surface area (Å²) in [5.74, 6) is -5.82. The Kier molecular flexibility index (Phi) is 5.05. The summed E-state index contributed by atoms with van der Waals surface area (Å²) in [6.07, 6.45) is -10.1. The smallest absolute Gasteiger partial charge is 0.355 e. The zero-order chi connectivity index (χ0) is 14.7. The number of carbonyl (C=O) groups excluding carboxylic acids is 1. The summed E-state index contributed by atoms with van der Waals surface area (Å²) in [4.78, 5) is 11.0. The van der Waals surface area contributed by atoms with Gasteiger partial charge in [0.25, 0.3) is 0 Å². The van der Waals surface area contributed by atoms with Gasteiger partial charge in [-0.3, -0.25) is 4.79 Å². The van der Waals surface area contributed by atoms with Gasteiger partial charge in [-0.1, -0.05) is 0 Å². The average molecular weight is 292 g/mol. The van der Waals surface area contributed by atoms with Gasteiger partial charge in [0.15, 0.2) is 0 Å². The predicted octanol–water partition coefficient (Wildman–Crippen LogP) is 1.84. The molecule has 1 heterocycles. The minimum Gasteiger partial charge on any atom is -0.355 e. The van der Waals surface area contributed by atoms with Crippen molar-refractivity contribution >= 4 is 5.91 Å². The van der Waals surface area contributed by atoms with Crippen molar-refractivity contribution in [2.24, 2.45) is 11.8 Å². The number of halogens is 6. The van der Waals surface area contributed by atoms with E-state index >= 15 is 0 Å². The molecule has 1 amide bonds. The Labute approximate surface area is 105 Å². The molecule has 1 aliphatic heterocycles. The van der Waals surface area contributed by atoms with Crippen LogP contribution in [0.25, 0.3) is 0 Å². The number of alkyl halides is 6. The Morgan fingerprint density at radius 3 is 2.21 bits per heavy atom. The van der Waals surface area contributed by atoms with Crippen LogP contribution in [0.2, 0.25) is 0 Å². The van der Waals surface area contributed by atoms with Gasteiger partial charge in [0, 0.05) is 6.54 Å². The molecule has 0 aliphatic carbocycles. The highest BCUT2D eigenvalue weighted by atomic mass is 19.4.